The van der Waals surface area contributed by atoms with Gasteiger partial charge in [0, 0.05) is 36.2 Å². The summed E-state index contributed by atoms with van der Waals surface area (Å²) in [7, 11) is 3.51. The lowest BCUT2D eigenvalue weighted by molar-refractivity contribution is -0.148. The number of carbonyl (C=O) groups is 1. The maximum absolute atomic E-state index is 13.3. The van der Waals surface area contributed by atoms with Crippen molar-refractivity contribution >= 4 is 34.3 Å². The van der Waals surface area contributed by atoms with E-state index in [2.05, 4.69) is 46.1 Å². The van der Waals surface area contributed by atoms with E-state index >= 15 is 0 Å². The largest absolute Gasteiger partial charge is 0.491 e. The fourth-order valence-electron chi connectivity index (χ4n) is 7.48. The van der Waals surface area contributed by atoms with Crippen molar-refractivity contribution in [3.05, 3.63) is 89.2 Å². The number of nitrogens with one attached hydrogen (secondary N) is 1. The molecule has 1 N–H and O–H groups in total. The van der Waals surface area contributed by atoms with E-state index in [0.29, 0.717) is 36.3 Å². The molecule has 1 spiro atoms. The van der Waals surface area contributed by atoms with Crippen molar-refractivity contribution < 1.29 is 14.3 Å². The molecule has 41 heavy (non-hydrogen) atoms. The minimum atomic E-state index is -0.775. The molecule has 0 radical (unpaired) electrons. The normalized spacial score (nSPS) is 24.2. The molecule has 2 aromatic carbocycles. The molecule has 6 rings (SSSR count). The number of ether oxygens (including phenoxy) is 2. The molecule has 7 heteroatoms. The highest BCUT2D eigenvalue weighted by Gasteiger charge is 2.54. The van der Waals surface area contributed by atoms with Crippen LogP contribution in [-0.4, -0.2) is 34.8 Å². The second kappa shape index (κ2) is 11.1. The lowest BCUT2D eigenvalue weighted by atomic mass is 9.59. The molecule has 2 aromatic heterocycles. The Kier molecular flexibility index (Phi) is 7.45. The molecule has 1 unspecified atom stereocenters. The first kappa shape index (κ1) is 27.6. The Morgan fingerprint density at radius 1 is 1.12 bits per heavy atom. The molecule has 0 saturated heterocycles. The standard InChI is InChI=1S/C34H38ClN3O3/c1-23(22-41-30-11-17-36-29-12-18-38(2)31(29)30)19-25-20-24-7-4-5-10-28(24)33(25)13-15-34(16-14-33,32(39)40-3)37-27-9-6-8-26(35)21-27/h4-12,17-18,21,23,25,37H,13-16,19-20,22H2,1-3H3/t23-,25?,33?,34?/m1/s1. The first-order valence-electron chi connectivity index (χ1n) is 14.6. The molecule has 2 atom stereocenters. The van der Waals surface area contributed by atoms with Gasteiger partial charge in [-0.05, 0) is 91.2 Å². The van der Waals surface area contributed by atoms with Crippen LogP contribution in [0, 0.1) is 11.8 Å². The molecular weight excluding hydrogens is 534 g/mol. The summed E-state index contributed by atoms with van der Waals surface area (Å²) >= 11 is 6.27. The fourth-order valence-corrected chi connectivity index (χ4v) is 7.67. The Morgan fingerprint density at radius 2 is 1.93 bits per heavy atom. The number of rotatable bonds is 8. The number of carbonyl (C=O) groups excluding carboxylic acids is 1. The van der Waals surface area contributed by atoms with Crippen LogP contribution in [0.4, 0.5) is 5.69 Å². The second-order valence-corrected chi connectivity index (χ2v) is 12.5. The topological polar surface area (TPSA) is 65.4 Å². The summed E-state index contributed by atoms with van der Waals surface area (Å²) < 4.78 is 13.8. The summed E-state index contributed by atoms with van der Waals surface area (Å²) in [5.74, 6) is 1.52. The van der Waals surface area contributed by atoms with Crippen LogP contribution in [0.3, 0.4) is 0 Å². The summed E-state index contributed by atoms with van der Waals surface area (Å²) in [5.41, 5.74) is 4.98. The van der Waals surface area contributed by atoms with E-state index in [1.165, 1.54) is 18.2 Å². The van der Waals surface area contributed by atoms with Crippen LogP contribution in [0.1, 0.15) is 50.2 Å². The summed E-state index contributed by atoms with van der Waals surface area (Å²) in [4.78, 5) is 17.7. The van der Waals surface area contributed by atoms with Crippen LogP contribution in [-0.2, 0) is 28.4 Å². The maximum atomic E-state index is 13.3. The zero-order valence-electron chi connectivity index (χ0n) is 24.0. The molecule has 214 valence electrons. The van der Waals surface area contributed by atoms with E-state index in [9.17, 15) is 4.79 Å². The van der Waals surface area contributed by atoms with Crippen molar-refractivity contribution in [3.63, 3.8) is 0 Å². The number of hydrogen-bond acceptors (Lipinski definition) is 5. The van der Waals surface area contributed by atoms with Crippen LogP contribution in [0.15, 0.2) is 73.1 Å². The second-order valence-electron chi connectivity index (χ2n) is 12.0. The van der Waals surface area contributed by atoms with Crippen molar-refractivity contribution in [2.45, 2.75) is 56.4 Å². The fraction of sp³-hybridized carbons (Fsp3) is 0.412. The van der Waals surface area contributed by atoms with Gasteiger partial charge < -0.3 is 19.4 Å². The summed E-state index contributed by atoms with van der Waals surface area (Å²) in [6.07, 6.45) is 9.19. The van der Waals surface area contributed by atoms with Crippen molar-refractivity contribution in [2.75, 3.05) is 19.0 Å². The van der Waals surface area contributed by atoms with Gasteiger partial charge in [-0.2, -0.15) is 0 Å². The highest BCUT2D eigenvalue weighted by molar-refractivity contribution is 6.30. The third-order valence-corrected chi connectivity index (χ3v) is 9.75. The van der Waals surface area contributed by atoms with Crippen molar-refractivity contribution in [1.82, 2.24) is 9.55 Å². The molecule has 1 saturated carbocycles. The number of methoxy groups -OCH3 is 1. The van der Waals surface area contributed by atoms with Crippen LogP contribution >= 0.6 is 11.6 Å². The van der Waals surface area contributed by atoms with Gasteiger partial charge in [-0.3, -0.25) is 4.98 Å². The van der Waals surface area contributed by atoms with Crippen molar-refractivity contribution in [1.29, 1.82) is 0 Å². The van der Waals surface area contributed by atoms with Crippen LogP contribution in [0.25, 0.3) is 11.0 Å². The number of aromatic nitrogens is 2. The minimum Gasteiger partial charge on any atom is -0.491 e. The maximum Gasteiger partial charge on any atom is 0.331 e. The molecule has 2 aliphatic rings. The molecule has 0 bridgehead atoms. The summed E-state index contributed by atoms with van der Waals surface area (Å²) in [5, 5.41) is 4.18. The van der Waals surface area contributed by atoms with E-state index in [4.69, 9.17) is 21.1 Å². The average Bonchev–Trinajstić information content (AvgIpc) is 3.50. The molecule has 0 aliphatic heterocycles. The molecule has 6 nitrogen and oxygen atoms in total. The number of hydrogen-bond donors (Lipinski definition) is 1. The predicted octanol–water partition coefficient (Wildman–Crippen LogP) is 7.34. The highest BCUT2D eigenvalue weighted by atomic mass is 35.5. The SMILES string of the molecule is COC(=O)C1(Nc2cccc(Cl)c2)CCC2(CC1)c1ccccc1CC2C[C@@H](C)COc1ccnc2ccn(C)c12. The van der Waals surface area contributed by atoms with Crippen molar-refractivity contribution in [3.8, 4) is 5.75 Å². The Hall–Kier alpha value is -3.51. The lowest BCUT2D eigenvalue weighted by Gasteiger charge is -2.47. The number of halogens is 1. The van der Waals surface area contributed by atoms with E-state index in [-0.39, 0.29) is 11.4 Å². The van der Waals surface area contributed by atoms with E-state index < -0.39 is 5.54 Å². The lowest BCUT2D eigenvalue weighted by Crippen LogP contribution is -2.53. The van der Waals surface area contributed by atoms with Gasteiger partial charge in [0.15, 0.2) is 0 Å². The van der Waals surface area contributed by atoms with Gasteiger partial charge in [0.2, 0.25) is 0 Å². The van der Waals surface area contributed by atoms with Gasteiger partial charge in [0.25, 0.3) is 0 Å². The zero-order valence-corrected chi connectivity index (χ0v) is 24.8. The first-order valence-corrected chi connectivity index (χ1v) is 14.9. The van der Waals surface area contributed by atoms with E-state index in [0.717, 1.165) is 48.2 Å². The first-order chi connectivity index (χ1) is 19.8. The highest BCUT2D eigenvalue weighted by Crippen LogP contribution is 2.56. The number of pyridine rings is 1. The van der Waals surface area contributed by atoms with Gasteiger partial charge >= 0.3 is 5.97 Å². The van der Waals surface area contributed by atoms with Crippen molar-refractivity contribution in [2.24, 2.45) is 18.9 Å². The molecule has 2 heterocycles. The van der Waals surface area contributed by atoms with Gasteiger partial charge in [-0.15, -0.1) is 0 Å². The zero-order chi connectivity index (χ0) is 28.6. The van der Waals surface area contributed by atoms with Gasteiger partial charge in [0.05, 0.1) is 19.2 Å². The van der Waals surface area contributed by atoms with Gasteiger partial charge in [0.1, 0.15) is 16.8 Å². The smallest absolute Gasteiger partial charge is 0.331 e. The van der Waals surface area contributed by atoms with E-state index in [1.807, 2.05) is 55.8 Å². The molecule has 0 amide bonds. The number of aryl methyl sites for hydroxylation is 1. The average molecular weight is 572 g/mol. The van der Waals surface area contributed by atoms with Gasteiger partial charge in [-0.1, -0.05) is 48.9 Å². The third kappa shape index (κ3) is 5.07. The van der Waals surface area contributed by atoms with Crippen LogP contribution < -0.4 is 10.1 Å². The molecule has 1 fully saturated rings. The Morgan fingerprint density at radius 3 is 2.71 bits per heavy atom. The van der Waals surface area contributed by atoms with Crippen LogP contribution in [0.2, 0.25) is 5.02 Å². The number of nitrogens with zero attached hydrogens (tertiary/aromatic N) is 2. The van der Waals surface area contributed by atoms with Crippen LogP contribution in [0.5, 0.6) is 5.75 Å². The minimum absolute atomic E-state index is 0.0282. The van der Waals surface area contributed by atoms with E-state index in [1.54, 1.807) is 0 Å². The Bertz CT molecular complexity index is 1560. The summed E-state index contributed by atoms with van der Waals surface area (Å²) in [6, 6.07) is 20.5. The predicted molar refractivity (Wildman–Crippen MR) is 164 cm³/mol. The Balaban J connectivity index is 1.22. The number of anilines is 1. The molecular formula is C34H38ClN3O3. The Labute approximate surface area is 247 Å². The van der Waals surface area contributed by atoms with Gasteiger partial charge in [-0.25, -0.2) is 4.79 Å². The number of esters is 1. The number of benzene rings is 2. The molecule has 2 aliphatic carbocycles. The molecule has 4 aromatic rings. The summed E-state index contributed by atoms with van der Waals surface area (Å²) in [6.45, 7) is 2.94. The quantitative estimate of drug-likeness (QED) is 0.224. The monoisotopic (exact) mass is 571 g/mol. The number of fused-ring (bicyclic) bond motifs is 3. The third-order valence-electron chi connectivity index (χ3n) is 9.52.